The van der Waals surface area contributed by atoms with Crippen molar-refractivity contribution in [2.45, 2.75) is 32.4 Å². The molecule has 2 nitrogen and oxygen atoms in total. The molecule has 0 heterocycles. The maximum absolute atomic E-state index is 10.1. The lowest BCUT2D eigenvalue weighted by atomic mass is 9.86. The van der Waals surface area contributed by atoms with Crippen molar-refractivity contribution in [3.63, 3.8) is 0 Å². The number of nitrogens with two attached hydrogens (primary N) is 1. The van der Waals surface area contributed by atoms with Crippen molar-refractivity contribution in [2.24, 2.45) is 5.73 Å². The molecule has 0 saturated heterocycles. The van der Waals surface area contributed by atoms with Crippen molar-refractivity contribution in [2.75, 3.05) is 0 Å². The van der Waals surface area contributed by atoms with Gasteiger partial charge in [-0.2, -0.15) is 0 Å². The molecule has 90 valence electrons. The van der Waals surface area contributed by atoms with Gasteiger partial charge in [-0.15, -0.1) is 0 Å². The van der Waals surface area contributed by atoms with Crippen molar-refractivity contribution in [1.29, 1.82) is 0 Å². The maximum Gasteiger partial charge on any atom is 0.0783 e. The lowest BCUT2D eigenvalue weighted by Gasteiger charge is -2.28. The van der Waals surface area contributed by atoms with E-state index < -0.39 is 5.60 Å². The highest BCUT2D eigenvalue weighted by Crippen LogP contribution is 2.31. The Morgan fingerprint density at radius 1 is 1.12 bits per heavy atom. The second-order valence-electron chi connectivity index (χ2n) is 5.15. The van der Waals surface area contributed by atoms with Crippen LogP contribution < -0.4 is 5.73 Å². The highest BCUT2D eigenvalue weighted by atomic mass is 16.3. The van der Waals surface area contributed by atoms with E-state index in [4.69, 9.17) is 5.73 Å². The molecule has 3 N–H and O–H groups in total. The van der Waals surface area contributed by atoms with Crippen LogP contribution in [-0.4, -0.2) is 10.7 Å². The Hall–Kier alpha value is -1.38. The fraction of sp³-hybridized carbons (Fsp3) is 0.333. The predicted octanol–water partition coefficient (Wildman–Crippen LogP) is 2.92. The Bertz CT molecular complexity index is 540. The minimum Gasteiger partial charge on any atom is -0.388 e. The Kier molecular flexibility index (Phi) is 2.94. The molecule has 0 aliphatic heterocycles. The van der Waals surface area contributed by atoms with E-state index in [0.29, 0.717) is 0 Å². The van der Waals surface area contributed by atoms with Crippen molar-refractivity contribution in [3.05, 3.63) is 47.5 Å². The van der Waals surface area contributed by atoms with Gasteiger partial charge in [-0.3, -0.25) is 0 Å². The molecule has 17 heavy (non-hydrogen) atoms. The van der Waals surface area contributed by atoms with E-state index in [9.17, 15) is 5.11 Å². The van der Waals surface area contributed by atoms with Gasteiger partial charge in [0.05, 0.1) is 11.6 Å². The van der Waals surface area contributed by atoms with E-state index in [1.54, 1.807) is 13.8 Å². The molecule has 0 aromatic heterocycles. The summed E-state index contributed by atoms with van der Waals surface area (Å²) in [5, 5.41) is 12.4. The van der Waals surface area contributed by atoms with Gasteiger partial charge in [-0.05, 0) is 42.7 Å². The lowest BCUT2D eigenvalue weighted by molar-refractivity contribution is 0.0520. The van der Waals surface area contributed by atoms with E-state index in [1.807, 2.05) is 19.1 Å². The van der Waals surface area contributed by atoms with Crippen molar-refractivity contribution in [1.82, 2.24) is 0 Å². The van der Waals surface area contributed by atoms with Crippen LogP contribution in [0.15, 0.2) is 36.4 Å². The van der Waals surface area contributed by atoms with E-state index >= 15 is 0 Å². The Morgan fingerprint density at radius 3 is 2.41 bits per heavy atom. The van der Waals surface area contributed by atoms with Crippen molar-refractivity contribution in [3.8, 4) is 0 Å². The van der Waals surface area contributed by atoms with E-state index in [0.717, 1.165) is 21.9 Å². The van der Waals surface area contributed by atoms with Crippen LogP contribution >= 0.6 is 0 Å². The van der Waals surface area contributed by atoms with Gasteiger partial charge in [0.15, 0.2) is 0 Å². The number of hydrogen-bond acceptors (Lipinski definition) is 2. The summed E-state index contributed by atoms with van der Waals surface area (Å²) in [5.41, 5.74) is 7.43. The highest BCUT2D eigenvalue weighted by molar-refractivity contribution is 5.87. The predicted molar refractivity (Wildman–Crippen MR) is 71.9 cm³/mol. The molecule has 1 unspecified atom stereocenters. The van der Waals surface area contributed by atoms with Crippen LogP contribution in [0.2, 0.25) is 0 Å². The second kappa shape index (κ2) is 4.13. The van der Waals surface area contributed by atoms with Gasteiger partial charge in [-0.25, -0.2) is 0 Å². The molecule has 0 fully saturated rings. The molecule has 2 heteroatoms. The Labute approximate surface area is 102 Å². The van der Waals surface area contributed by atoms with E-state index in [2.05, 4.69) is 24.3 Å². The number of hydrogen-bond donors (Lipinski definition) is 2. The number of fused-ring (bicyclic) bond motifs is 1. The first-order valence-corrected chi connectivity index (χ1v) is 5.87. The summed E-state index contributed by atoms with van der Waals surface area (Å²) in [6.07, 6.45) is 0. The third kappa shape index (κ3) is 2.19. The van der Waals surface area contributed by atoms with Crippen LogP contribution in [-0.2, 0) is 0 Å². The first-order chi connectivity index (χ1) is 7.91. The zero-order valence-electron chi connectivity index (χ0n) is 10.6. The van der Waals surface area contributed by atoms with Gasteiger partial charge < -0.3 is 10.8 Å². The minimum absolute atomic E-state index is 0.381. The molecular weight excluding hydrogens is 210 g/mol. The average molecular weight is 229 g/mol. The Balaban J connectivity index is 2.71. The molecule has 0 spiro atoms. The maximum atomic E-state index is 10.1. The summed E-state index contributed by atoms with van der Waals surface area (Å²) in [7, 11) is 0. The molecule has 2 aromatic carbocycles. The minimum atomic E-state index is -0.922. The highest BCUT2D eigenvalue weighted by Gasteiger charge is 2.27. The monoisotopic (exact) mass is 229 g/mol. The smallest absolute Gasteiger partial charge is 0.0783 e. The topological polar surface area (TPSA) is 46.2 Å². The zero-order valence-corrected chi connectivity index (χ0v) is 10.6. The molecule has 0 saturated carbocycles. The van der Waals surface area contributed by atoms with Gasteiger partial charge in [-0.1, -0.05) is 36.4 Å². The van der Waals surface area contributed by atoms with Gasteiger partial charge >= 0.3 is 0 Å². The molecule has 0 amide bonds. The van der Waals surface area contributed by atoms with Crippen LogP contribution in [0.5, 0.6) is 0 Å². The standard InChI is InChI=1S/C15H19NO/c1-10-8-9-11-6-4-5-7-12(11)13(10)14(16)15(2,3)17/h4-9,14,17H,16H2,1-3H3. The van der Waals surface area contributed by atoms with E-state index in [-0.39, 0.29) is 6.04 Å². The lowest BCUT2D eigenvalue weighted by Crippen LogP contribution is -2.35. The molecule has 0 bridgehead atoms. The average Bonchev–Trinajstić information content (AvgIpc) is 2.27. The molecule has 0 aliphatic rings. The van der Waals surface area contributed by atoms with Crippen LogP contribution in [0.3, 0.4) is 0 Å². The first kappa shape index (κ1) is 12.1. The second-order valence-corrected chi connectivity index (χ2v) is 5.15. The molecule has 2 rings (SSSR count). The summed E-state index contributed by atoms with van der Waals surface area (Å²) in [4.78, 5) is 0. The van der Waals surface area contributed by atoms with Gasteiger partial charge in [0.2, 0.25) is 0 Å². The van der Waals surface area contributed by atoms with Gasteiger partial charge in [0.1, 0.15) is 0 Å². The van der Waals surface area contributed by atoms with Crippen molar-refractivity contribution < 1.29 is 5.11 Å². The number of rotatable bonds is 2. The molecule has 0 radical (unpaired) electrons. The fourth-order valence-corrected chi connectivity index (χ4v) is 2.17. The fourth-order valence-electron chi connectivity index (χ4n) is 2.17. The summed E-state index contributed by atoms with van der Waals surface area (Å²) in [6.45, 7) is 5.53. The number of benzene rings is 2. The summed E-state index contributed by atoms with van der Waals surface area (Å²) in [6, 6.07) is 11.9. The largest absolute Gasteiger partial charge is 0.388 e. The Morgan fingerprint density at radius 2 is 1.76 bits per heavy atom. The summed E-state index contributed by atoms with van der Waals surface area (Å²) >= 11 is 0. The summed E-state index contributed by atoms with van der Waals surface area (Å²) in [5.74, 6) is 0. The van der Waals surface area contributed by atoms with Crippen molar-refractivity contribution >= 4 is 10.8 Å². The molecule has 1 atom stereocenters. The van der Waals surface area contributed by atoms with Gasteiger partial charge in [0.25, 0.3) is 0 Å². The third-order valence-corrected chi connectivity index (χ3v) is 3.26. The molecule has 0 aliphatic carbocycles. The number of aliphatic hydroxyl groups is 1. The van der Waals surface area contributed by atoms with Crippen LogP contribution in [0, 0.1) is 6.92 Å². The summed E-state index contributed by atoms with van der Waals surface area (Å²) < 4.78 is 0. The first-order valence-electron chi connectivity index (χ1n) is 5.87. The SMILES string of the molecule is Cc1ccc2ccccc2c1C(N)C(C)(C)O. The van der Waals surface area contributed by atoms with E-state index in [1.165, 1.54) is 0 Å². The van der Waals surface area contributed by atoms with Crippen LogP contribution in [0.25, 0.3) is 10.8 Å². The molecular formula is C15H19NO. The molecule has 2 aromatic rings. The normalized spacial score (nSPS) is 13.9. The van der Waals surface area contributed by atoms with Gasteiger partial charge in [0, 0.05) is 0 Å². The van der Waals surface area contributed by atoms with Crippen LogP contribution in [0.4, 0.5) is 0 Å². The van der Waals surface area contributed by atoms with Crippen LogP contribution in [0.1, 0.15) is 31.0 Å². The zero-order chi connectivity index (χ0) is 12.6. The quantitative estimate of drug-likeness (QED) is 0.831. The number of aryl methyl sites for hydroxylation is 1. The third-order valence-electron chi connectivity index (χ3n) is 3.26.